The maximum absolute atomic E-state index is 12.8. The van der Waals surface area contributed by atoms with Crippen LogP contribution in [0.5, 0.6) is 0 Å². The molecule has 3 heterocycles. The first kappa shape index (κ1) is 20.3. The highest BCUT2D eigenvalue weighted by atomic mass is 32.2. The zero-order chi connectivity index (χ0) is 20.6. The molecule has 7 nitrogen and oxygen atoms in total. The number of fused-ring (bicyclic) bond motifs is 1. The second-order valence-electron chi connectivity index (χ2n) is 7.66. The Hall–Kier alpha value is -1.97. The van der Waals surface area contributed by atoms with E-state index in [1.165, 1.54) is 16.2 Å². The zero-order valence-corrected chi connectivity index (χ0v) is 18.0. The number of hydrogen-bond acceptors (Lipinski definition) is 5. The van der Waals surface area contributed by atoms with Gasteiger partial charge in [-0.3, -0.25) is 9.59 Å². The van der Waals surface area contributed by atoms with E-state index in [4.69, 9.17) is 0 Å². The van der Waals surface area contributed by atoms with Gasteiger partial charge >= 0.3 is 0 Å². The van der Waals surface area contributed by atoms with Gasteiger partial charge in [-0.1, -0.05) is 18.2 Å². The van der Waals surface area contributed by atoms with Crippen LogP contribution in [-0.2, 0) is 19.6 Å². The van der Waals surface area contributed by atoms with Gasteiger partial charge < -0.3 is 9.80 Å². The summed E-state index contributed by atoms with van der Waals surface area (Å²) in [5.74, 6) is -0.376. The fourth-order valence-electron chi connectivity index (χ4n) is 4.04. The number of thiophene rings is 1. The molecule has 2 aliphatic rings. The van der Waals surface area contributed by atoms with Gasteiger partial charge in [-0.2, -0.15) is 4.72 Å². The standard InChI is InChI=1S/C20H25N3O4S2/c1-14(19(24)22-10-5-2-6-11-22)23-12-9-16(20(23)25)21-29(26,27)18-13-15-7-3-4-8-17(15)28-18/h3-4,7-8,13-14,16,21H,2,5-6,9-12H2,1H3/t14-,16-/m0/s1. The van der Waals surface area contributed by atoms with E-state index >= 15 is 0 Å². The summed E-state index contributed by atoms with van der Waals surface area (Å²) in [4.78, 5) is 28.9. The van der Waals surface area contributed by atoms with Crippen LogP contribution in [0, 0.1) is 0 Å². The Bertz CT molecular complexity index is 994. The third kappa shape index (κ3) is 4.04. The fraction of sp³-hybridized carbons (Fsp3) is 0.500. The minimum Gasteiger partial charge on any atom is -0.341 e. The van der Waals surface area contributed by atoms with E-state index in [-0.39, 0.29) is 16.0 Å². The van der Waals surface area contributed by atoms with Crippen molar-refractivity contribution in [2.75, 3.05) is 19.6 Å². The quantitative estimate of drug-likeness (QED) is 0.780. The average Bonchev–Trinajstić information content (AvgIpc) is 3.32. The van der Waals surface area contributed by atoms with Crippen LogP contribution in [0.1, 0.15) is 32.6 Å². The largest absolute Gasteiger partial charge is 0.341 e. The minimum atomic E-state index is -3.80. The van der Waals surface area contributed by atoms with Gasteiger partial charge in [-0.25, -0.2) is 8.42 Å². The number of benzene rings is 1. The Kier molecular flexibility index (Phi) is 5.63. The van der Waals surface area contributed by atoms with Crippen LogP contribution >= 0.6 is 11.3 Å². The molecule has 0 bridgehead atoms. The molecule has 29 heavy (non-hydrogen) atoms. The predicted molar refractivity (Wildman–Crippen MR) is 112 cm³/mol. The smallest absolute Gasteiger partial charge is 0.250 e. The van der Waals surface area contributed by atoms with Crippen molar-refractivity contribution in [3.63, 3.8) is 0 Å². The molecule has 2 atom stereocenters. The first-order chi connectivity index (χ1) is 13.9. The van der Waals surface area contributed by atoms with Crippen LogP contribution in [0.2, 0.25) is 0 Å². The Balaban J connectivity index is 1.45. The summed E-state index contributed by atoms with van der Waals surface area (Å²) in [5.41, 5.74) is 0. The molecule has 156 valence electrons. The Morgan fingerprint density at radius 2 is 1.90 bits per heavy atom. The van der Waals surface area contributed by atoms with Crippen LogP contribution in [0.15, 0.2) is 34.5 Å². The Morgan fingerprint density at radius 1 is 1.17 bits per heavy atom. The van der Waals surface area contributed by atoms with Crippen LogP contribution in [0.4, 0.5) is 0 Å². The maximum Gasteiger partial charge on any atom is 0.250 e. The molecule has 0 radical (unpaired) electrons. The normalized spacial score (nSPS) is 21.7. The van der Waals surface area contributed by atoms with Gasteiger partial charge in [0, 0.05) is 24.3 Å². The van der Waals surface area contributed by atoms with E-state index in [9.17, 15) is 18.0 Å². The number of sulfonamides is 1. The summed E-state index contributed by atoms with van der Waals surface area (Å²) >= 11 is 1.18. The Morgan fingerprint density at radius 3 is 2.62 bits per heavy atom. The topological polar surface area (TPSA) is 86.8 Å². The zero-order valence-electron chi connectivity index (χ0n) is 16.3. The molecule has 1 aromatic carbocycles. The van der Waals surface area contributed by atoms with Gasteiger partial charge in [0.15, 0.2) is 0 Å². The van der Waals surface area contributed by atoms with Crippen molar-refractivity contribution in [2.24, 2.45) is 0 Å². The number of amides is 2. The number of piperidine rings is 1. The number of nitrogens with one attached hydrogen (secondary N) is 1. The first-order valence-electron chi connectivity index (χ1n) is 9.97. The molecule has 0 unspecified atom stereocenters. The molecule has 2 aromatic rings. The lowest BCUT2D eigenvalue weighted by atomic mass is 10.1. The second-order valence-corrected chi connectivity index (χ2v) is 10.7. The van der Waals surface area contributed by atoms with Crippen molar-refractivity contribution in [2.45, 2.75) is 48.9 Å². The highest BCUT2D eigenvalue weighted by Gasteiger charge is 2.40. The number of carbonyl (C=O) groups excluding carboxylic acids is 2. The summed E-state index contributed by atoms with van der Waals surface area (Å²) in [6, 6.07) is 7.68. The molecule has 2 fully saturated rings. The van der Waals surface area contributed by atoms with E-state index in [0.717, 1.165) is 42.4 Å². The monoisotopic (exact) mass is 435 g/mol. The third-order valence-corrected chi connectivity index (χ3v) is 8.76. The predicted octanol–water partition coefficient (Wildman–Crippen LogP) is 2.18. The van der Waals surface area contributed by atoms with Crippen molar-refractivity contribution in [3.05, 3.63) is 30.3 Å². The molecule has 2 aliphatic heterocycles. The van der Waals surface area contributed by atoms with Gasteiger partial charge in [-0.15, -0.1) is 11.3 Å². The van der Waals surface area contributed by atoms with Gasteiger partial charge in [0.25, 0.3) is 10.0 Å². The molecule has 0 saturated carbocycles. The van der Waals surface area contributed by atoms with Crippen molar-refractivity contribution in [1.82, 2.24) is 14.5 Å². The van der Waals surface area contributed by atoms with E-state index in [2.05, 4.69) is 4.72 Å². The molecular formula is C20H25N3O4S2. The fourth-order valence-corrected chi connectivity index (χ4v) is 6.68. The average molecular weight is 436 g/mol. The molecular weight excluding hydrogens is 410 g/mol. The number of carbonyl (C=O) groups is 2. The van der Waals surface area contributed by atoms with Crippen LogP contribution in [-0.4, -0.2) is 61.7 Å². The van der Waals surface area contributed by atoms with Gasteiger partial charge in [-0.05, 0) is 50.1 Å². The molecule has 4 rings (SSSR count). The third-order valence-electron chi connectivity index (χ3n) is 5.70. The summed E-state index contributed by atoms with van der Waals surface area (Å²) in [6.45, 7) is 3.57. The van der Waals surface area contributed by atoms with Crippen LogP contribution < -0.4 is 4.72 Å². The maximum atomic E-state index is 12.8. The number of hydrogen-bond donors (Lipinski definition) is 1. The highest BCUT2D eigenvalue weighted by Crippen LogP contribution is 2.29. The van der Waals surface area contributed by atoms with Crippen LogP contribution in [0.3, 0.4) is 0 Å². The second kappa shape index (κ2) is 8.04. The molecule has 9 heteroatoms. The van der Waals surface area contributed by atoms with E-state index in [1.807, 2.05) is 29.2 Å². The number of nitrogens with zero attached hydrogens (tertiary/aromatic N) is 2. The number of likely N-dealkylation sites (tertiary alicyclic amines) is 2. The molecule has 0 aliphatic carbocycles. The summed E-state index contributed by atoms with van der Waals surface area (Å²) in [5, 5.41) is 0.859. The lowest BCUT2D eigenvalue weighted by Gasteiger charge is -2.32. The lowest BCUT2D eigenvalue weighted by molar-refractivity contribution is -0.143. The molecule has 2 amide bonds. The lowest BCUT2D eigenvalue weighted by Crippen LogP contribution is -2.51. The van der Waals surface area contributed by atoms with Crippen molar-refractivity contribution in [1.29, 1.82) is 0 Å². The molecule has 2 saturated heterocycles. The van der Waals surface area contributed by atoms with Crippen molar-refractivity contribution in [3.8, 4) is 0 Å². The first-order valence-corrected chi connectivity index (χ1v) is 12.3. The molecule has 1 N–H and O–H groups in total. The van der Waals surface area contributed by atoms with E-state index in [0.29, 0.717) is 13.0 Å². The van der Waals surface area contributed by atoms with E-state index in [1.54, 1.807) is 13.0 Å². The van der Waals surface area contributed by atoms with E-state index < -0.39 is 22.1 Å². The van der Waals surface area contributed by atoms with Gasteiger partial charge in [0.05, 0.1) is 0 Å². The minimum absolute atomic E-state index is 0.0499. The van der Waals surface area contributed by atoms with Gasteiger partial charge in [0.1, 0.15) is 16.3 Å². The Labute approximate surface area is 174 Å². The summed E-state index contributed by atoms with van der Waals surface area (Å²) in [6.07, 6.45) is 3.47. The van der Waals surface area contributed by atoms with Crippen molar-refractivity contribution < 1.29 is 18.0 Å². The van der Waals surface area contributed by atoms with Crippen molar-refractivity contribution >= 4 is 43.3 Å². The molecule has 0 spiro atoms. The highest BCUT2D eigenvalue weighted by molar-refractivity contribution is 7.91. The van der Waals surface area contributed by atoms with Crippen LogP contribution in [0.25, 0.3) is 10.1 Å². The summed E-state index contributed by atoms with van der Waals surface area (Å²) in [7, 11) is -3.80. The number of rotatable bonds is 5. The molecule has 1 aromatic heterocycles. The summed E-state index contributed by atoms with van der Waals surface area (Å²) < 4.78 is 29.3. The SMILES string of the molecule is C[C@@H](C(=O)N1CCCCC1)N1CC[C@H](NS(=O)(=O)c2cc3ccccc3s2)C1=O. The van der Waals surface area contributed by atoms with Gasteiger partial charge in [0.2, 0.25) is 11.8 Å².